The average molecular weight is 1350 g/mol. The van der Waals surface area contributed by atoms with Crippen LogP contribution in [0.3, 0.4) is 0 Å². The van der Waals surface area contributed by atoms with Crippen molar-refractivity contribution in [3.63, 3.8) is 0 Å². The summed E-state index contributed by atoms with van der Waals surface area (Å²) in [5, 5.41) is 11.0. The molecule has 344 valence electrons. The summed E-state index contributed by atoms with van der Waals surface area (Å²) in [6.45, 7) is 12.3. The number of aliphatic hydroxyl groups excluding tert-OH is 1. The third-order valence-corrected chi connectivity index (χ3v) is 11.4. The van der Waals surface area contributed by atoms with Crippen LogP contribution in [0.15, 0.2) is 60.7 Å². The van der Waals surface area contributed by atoms with E-state index in [2.05, 4.69) is 146 Å². The van der Waals surface area contributed by atoms with E-state index in [9.17, 15) is 5.11 Å². The molecule has 2 fully saturated rings. The first-order valence-corrected chi connectivity index (χ1v) is 35.2. The van der Waals surface area contributed by atoms with Crippen LogP contribution in [0.4, 0.5) is 11.6 Å². The van der Waals surface area contributed by atoms with Crippen molar-refractivity contribution >= 4 is 107 Å². The van der Waals surface area contributed by atoms with Gasteiger partial charge in [-0.3, -0.25) is 9.80 Å². The van der Waals surface area contributed by atoms with Gasteiger partial charge in [-0.1, -0.05) is 94.8 Å². The fourth-order valence-corrected chi connectivity index (χ4v) is 8.00. The Balaban J connectivity index is 0.000000248. The maximum absolute atomic E-state index is 11.0. The van der Waals surface area contributed by atoms with E-state index in [0.717, 1.165) is 79.6 Å². The molecule has 5 N–H and O–H groups in total. The molecule has 0 radical (unpaired) electrons. The van der Waals surface area contributed by atoms with Crippen molar-refractivity contribution < 1.29 is 19.5 Å². The predicted octanol–water partition coefficient (Wildman–Crippen LogP) is 11.4. The molecule has 0 spiro atoms. The summed E-state index contributed by atoms with van der Waals surface area (Å²) in [4.78, 5) is 22.5. The van der Waals surface area contributed by atoms with Crippen molar-refractivity contribution in [2.24, 2.45) is 0 Å². The Kier molecular flexibility index (Phi) is 24.2. The molecule has 0 amide bonds. The number of ether oxygens (including phenoxy) is 2. The van der Waals surface area contributed by atoms with Gasteiger partial charge >= 0.3 is 76.9 Å². The van der Waals surface area contributed by atoms with Gasteiger partial charge < -0.3 is 26.0 Å². The van der Waals surface area contributed by atoms with Gasteiger partial charge in [0.15, 0.2) is 0 Å². The zero-order valence-electron chi connectivity index (χ0n) is 35.9. The van der Waals surface area contributed by atoms with Gasteiger partial charge in [-0.05, 0) is 112 Å². The number of rotatable bonds is 16. The van der Waals surface area contributed by atoms with Crippen LogP contribution in [-0.2, 0) is 37.3 Å². The first-order valence-electron chi connectivity index (χ1n) is 21.7. The fourth-order valence-electron chi connectivity index (χ4n) is 8.00. The van der Waals surface area contributed by atoms with E-state index in [4.69, 9.17) is 20.9 Å². The number of aliphatic hydroxyl groups is 1. The molecular weight excluding hydrogens is 1280 g/mol. The number of nitrogens with zero attached hydrogens (tertiary/aromatic N) is 6. The van der Waals surface area contributed by atoms with Crippen LogP contribution < -0.4 is 20.9 Å². The van der Waals surface area contributed by atoms with Crippen molar-refractivity contribution in [1.29, 1.82) is 0 Å². The first-order chi connectivity index (χ1) is 29.6. The second-order valence-electron chi connectivity index (χ2n) is 15.9. The molecule has 2 aromatic carbocycles. The zero-order valence-corrected chi connectivity index (χ0v) is 46.1. The van der Waals surface area contributed by atoms with Crippen LogP contribution in [0.25, 0.3) is 11.1 Å². The summed E-state index contributed by atoms with van der Waals surface area (Å²) in [5.41, 5.74) is 22.7. The number of halogens is 4. The number of allylic oxidation sites excluding steroid dienone is 3. The number of aromatic nitrogens is 4. The molecule has 8 rings (SSSR count). The third-order valence-electron chi connectivity index (χ3n) is 11.4. The van der Waals surface area contributed by atoms with Gasteiger partial charge in [-0.15, -0.1) is 24.0 Å². The second-order valence-corrected chi connectivity index (χ2v) is 51.3. The number of nitrogens with two attached hydrogens (primary N) is 2. The van der Waals surface area contributed by atoms with E-state index in [1.807, 2.05) is 18.2 Å². The van der Waals surface area contributed by atoms with Crippen molar-refractivity contribution in [2.75, 3.05) is 50.9 Å². The molecule has 4 aromatic rings. The summed E-state index contributed by atoms with van der Waals surface area (Å²) >= 11 is 7.39. The Morgan fingerprint density at radius 2 is 1.10 bits per heavy atom. The molecule has 63 heavy (non-hydrogen) atoms. The van der Waals surface area contributed by atoms with Gasteiger partial charge in [0.05, 0.1) is 24.6 Å². The Bertz CT molecular complexity index is 2080. The normalized spacial score (nSPS) is 15.7. The Morgan fingerprint density at radius 3 is 1.59 bits per heavy atom. The zero-order chi connectivity index (χ0) is 43.1. The summed E-state index contributed by atoms with van der Waals surface area (Å²) in [6.07, 6.45) is 15.1. The van der Waals surface area contributed by atoms with E-state index in [1.165, 1.54) is 74.1 Å². The molecule has 2 aliphatic carbocycles. The van der Waals surface area contributed by atoms with Gasteiger partial charge in [0, 0.05) is 29.8 Å². The number of hydrogen-bond donors (Lipinski definition) is 3. The van der Waals surface area contributed by atoms with Crippen LogP contribution in [0.5, 0.6) is 12.0 Å². The van der Waals surface area contributed by atoms with Gasteiger partial charge in [0.2, 0.25) is 0 Å². The van der Waals surface area contributed by atoms with Crippen molar-refractivity contribution in [3.05, 3.63) is 105 Å². The van der Waals surface area contributed by atoms with Crippen LogP contribution in [0.2, 0.25) is 0 Å². The molecule has 4 aliphatic rings. The minimum atomic E-state index is -0.741. The van der Waals surface area contributed by atoms with Gasteiger partial charge in [0.25, 0.3) is 0 Å². The van der Waals surface area contributed by atoms with Gasteiger partial charge in [0.1, 0.15) is 17.7 Å². The molecule has 2 aliphatic heterocycles. The summed E-state index contributed by atoms with van der Waals surface area (Å²) < 4.78 is 11.3. The number of unbranched alkanes of at least 4 members (excludes halogenated alkanes) is 2. The van der Waals surface area contributed by atoms with Crippen molar-refractivity contribution in [1.82, 2.24) is 29.7 Å². The number of benzene rings is 2. The minimum absolute atomic E-state index is 0. The average Bonchev–Trinajstić information content (AvgIpc) is 4.09. The molecule has 4 heterocycles. The maximum atomic E-state index is 11.0. The molecule has 1 unspecified atom stereocenters. The fraction of sp³-hybridized carbons (Fsp3) is 0.489. The molecule has 11 nitrogen and oxygen atoms in total. The van der Waals surface area contributed by atoms with E-state index in [0.29, 0.717) is 43.0 Å². The Labute approximate surface area is 430 Å². The number of likely N-dealkylation sites (tertiary alicyclic amines) is 2. The van der Waals surface area contributed by atoms with Crippen LogP contribution >= 0.6 is 83.9 Å². The van der Waals surface area contributed by atoms with Gasteiger partial charge in [-0.2, -0.15) is 19.9 Å². The molecule has 16 heteroatoms. The number of fused-ring (bicyclic) bond motifs is 2. The molecular formula is C47H65I4N8O3V. The molecule has 0 saturated carbocycles. The summed E-state index contributed by atoms with van der Waals surface area (Å²) in [5.74, 6) is 0.976. The first kappa shape index (κ1) is 54.3. The Hall–Kier alpha value is -1.34. The van der Waals surface area contributed by atoms with Crippen LogP contribution in [0.1, 0.15) is 124 Å². The number of nitrogen functional groups attached to an aromatic ring is 2. The molecule has 1 atom stereocenters. The predicted molar refractivity (Wildman–Crippen MR) is 292 cm³/mol. The summed E-state index contributed by atoms with van der Waals surface area (Å²) in [6, 6.07) is 17.9. The molecule has 2 aromatic heterocycles. The SMILES string of the molecule is C.CCCCOc1nc(N)c2c(n1)C(C(O)c1ccc(CN3CCCC3)cc1)=CC2.CCCCOc1nc(N)c2c(n1)C(Cc1ccc(CN3CCCC3)cc1)=CC2.I.[I][V]([I])[I]. The van der Waals surface area contributed by atoms with Crippen molar-refractivity contribution in [3.8, 4) is 12.0 Å². The molecule has 2 saturated heterocycles. The van der Waals surface area contributed by atoms with Crippen molar-refractivity contribution in [2.45, 2.75) is 111 Å². The number of hydrogen-bond acceptors (Lipinski definition) is 11. The van der Waals surface area contributed by atoms with E-state index >= 15 is 0 Å². The standard InChI is InChI=1S/C23H30N4O2.C23H30N4O.CH4.4HI.V/c1-2-3-14-29-23-25-20-18(10-11-19(20)22(24)26-23)21(28)17-8-6-16(7-9-17)15-27-12-4-5-13-27;1-2-3-14-28-23-25-21-19(10-11-20(21)22(24)26-23)15-17-6-8-18(9-7-17)16-27-12-4-5-13-27;;;;;;/h6-10,21,28H,2-5,11-15H2,1H3,(H2,24,25,26);6-10H,2-5,11-16H2,1H3,(H2,24,25,26);1H4;4*1H;/q;;;;;;;+3/p-3. The van der Waals surface area contributed by atoms with E-state index in [-0.39, 0.29) is 42.3 Å². The molecule has 0 bridgehead atoms. The summed E-state index contributed by atoms with van der Waals surface area (Å²) in [7, 11) is 0. The van der Waals surface area contributed by atoms with E-state index < -0.39 is 6.10 Å². The van der Waals surface area contributed by atoms with Crippen LogP contribution in [-0.4, -0.2) is 74.2 Å². The van der Waals surface area contributed by atoms with Gasteiger partial charge in [-0.25, -0.2) is 0 Å². The third kappa shape index (κ3) is 16.4. The van der Waals surface area contributed by atoms with E-state index in [1.54, 1.807) is 0 Å². The van der Waals surface area contributed by atoms with Crippen LogP contribution in [0, 0.1) is 0 Å². The topological polar surface area (TPSA) is 149 Å². The number of anilines is 2. The Morgan fingerprint density at radius 1 is 0.667 bits per heavy atom. The second kappa shape index (κ2) is 28.1. The monoisotopic (exact) mass is 1350 g/mol. The quantitative estimate of drug-likeness (QED) is 0.0727.